The molecule has 1 aliphatic heterocycles. The van der Waals surface area contributed by atoms with Crippen molar-refractivity contribution in [3.8, 4) is 0 Å². The van der Waals surface area contributed by atoms with E-state index < -0.39 is 6.04 Å². The molecule has 2 aromatic rings. The molecule has 0 aliphatic carbocycles. The molecule has 6 nitrogen and oxygen atoms in total. The van der Waals surface area contributed by atoms with Gasteiger partial charge in [-0.15, -0.1) is 11.8 Å². The summed E-state index contributed by atoms with van der Waals surface area (Å²) in [6.45, 7) is 7.38. The number of carbonyl (C=O) groups excluding carboxylic acids is 3. The quantitative estimate of drug-likeness (QED) is 0.602. The number of thioether (sulfide) groups is 1. The van der Waals surface area contributed by atoms with E-state index >= 15 is 0 Å². The zero-order chi connectivity index (χ0) is 23.8. The Morgan fingerprint density at radius 3 is 2.27 bits per heavy atom. The summed E-state index contributed by atoms with van der Waals surface area (Å²) in [5.74, 6) is 0.0527. The molecule has 0 saturated carbocycles. The fourth-order valence-corrected chi connectivity index (χ4v) is 4.70. The highest BCUT2D eigenvalue weighted by Gasteiger charge is 2.35. The summed E-state index contributed by atoms with van der Waals surface area (Å²) >= 11 is 1.46. The molecular weight excluding hydrogens is 434 g/mol. The fraction of sp³-hybridized carbons (Fsp3) is 0.423. The third kappa shape index (κ3) is 6.60. The van der Waals surface area contributed by atoms with Gasteiger partial charge in [-0.3, -0.25) is 14.4 Å². The van der Waals surface area contributed by atoms with Crippen molar-refractivity contribution in [2.24, 2.45) is 5.92 Å². The average Bonchev–Trinajstić information content (AvgIpc) is 2.85. The van der Waals surface area contributed by atoms with E-state index in [0.29, 0.717) is 25.2 Å². The molecular formula is C26H33N3O3S. The molecule has 1 aliphatic rings. The van der Waals surface area contributed by atoms with Gasteiger partial charge in [0, 0.05) is 36.1 Å². The van der Waals surface area contributed by atoms with Crippen LogP contribution in [0.1, 0.15) is 37.6 Å². The minimum Gasteiger partial charge on any atom is -0.343 e. The Hall–Kier alpha value is -2.80. The molecule has 1 N–H and O–H groups in total. The van der Waals surface area contributed by atoms with Crippen LogP contribution in [0.3, 0.4) is 0 Å². The molecule has 2 aromatic carbocycles. The highest BCUT2D eigenvalue weighted by molar-refractivity contribution is 8.00. The summed E-state index contributed by atoms with van der Waals surface area (Å²) in [5, 5.41) is 2.98. The molecule has 0 spiro atoms. The maximum atomic E-state index is 13.4. The molecule has 33 heavy (non-hydrogen) atoms. The molecule has 176 valence electrons. The molecule has 1 saturated heterocycles. The maximum absolute atomic E-state index is 13.4. The van der Waals surface area contributed by atoms with Gasteiger partial charge < -0.3 is 15.1 Å². The maximum Gasteiger partial charge on any atom is 0.254 e. The average molecular weight is 468 g/mol. The SMILES string of the molecule is CCC(C)C(NC(=O)CSc1ccccc1)C(=O)N1CCN(C(=O)c2ccccc2)C(C)C1. The van der Waals surface area contributed by atoms with Gasteiger partial charge in [0.1, 0.15) is 6.04 Å². The topological polar surface area (TPSA) is 69.7 Å². The van der Waals surface area contributed by atoms with Crippen LogP contribution in [0.15, 0.2) is 65.6 Å². The van der Waals surface area contributed by atoms with Gasteiger partial charge in [0.15, 0.2) is 0 Å². The Kier molecular flexibility index (Phi) is 8.95. The standard InChI is InChI=1S/C26H33N3O3S/c1-4-19(2)24(27-23(30)18-33-22-13-9-6-10-14-22)26(32)28-15-16-29(20(3)17-28)25(31)21-11-7-5-8-12-21/h5-14,19-20,24H,4,15-18H2,1-3H3,(H,27,30). The summed E-state index contributed by atoms with van der Waals surface area (Å²) in [5.41, 5.74) is 0.657. The van der Waals surface area contributed by atoms with Crippen molar-refractivity contribution in [1.29, 1.82) is 0 Å². The van der Waals surface area contributed by atoms with Gasteiger partial charge in [0.25, 0.3) is 5.91 Å². The summed E-state index contributed by atoms with van der Waals surface area (Å²) in [6.07, 6.45) is 0.782. The number of nitrogens with one attached hydrogen (secondary N) is 1. The first kappa shape index (κ1) is 24.8. The lowest BCUT2D eigenvalue weighted by Gasteiger charge is -2.41. The van der Waals surface area contributed by atoms with Gasteiger partial charge in [0.2, 0.25) is 11.8 Å². The lowest BCUT2D eigenvalue weighted by Crippen LogP contribution is -2.60. The van der Waals surface area contributed by atoms with Crippen LogP contribution in [0.25, 0.3) is 0 Å². The molecule has 0 radical (unpaired) electrons. The van der Waals surface area contributed by atoms with E-state index in [0.717, 1.165) is 11.3 Å². The van der Waals surface area contributed by atoms with Crippen LogP contribution in [0.2, 0.25) is 0 Å². The second-order valence-corrected chi connectivity index (χ2v) is 9.58. The number of nitrogens with zero attached hydrogens (tertiary/aromatic N) is 2. The van der Waals surface area contributed by atoms with E-state index in [2.05, 4.69) is 5.32 Å². The Morgan fingerprint density at radius 1 is 1.03 bits per heavy atom. The molecule has 7 heteroatoms. The number of hydrogen-bond acceptors (Lipinski definition) is 4. The highest BCUT2D eigenvalue weighted by atomic mass is 32.2. The number of rotatable bonds is 8. The van der Waals surface area contributed by atoms with Gasteiger partial charge >= 0.3 is 0 Å². The van der Waals surface area contributed by atoms with E-state index in [9.17, 15) is 14.4 Å². The predicted molar refractivity (Wildman–Crippen MR) is 132 cm³/mol. The summed E-state index contributed by atoms with van der Waals surface area (Å²) < 4.78 is 0. The van der Waals surface area contributed by atoms with Gasteiger partial charge in [-0.05, 0) is 37.1 Å². The van der Waals surface area contributed by atoms with Gasteiger partial charge in [-0.2, -0.15) is 0 Å². The Bertz CT molecular complexity index is 938. The van der Waals surface area contributed by atoms with Crippen molar-refractivity contribution < 1.29 is 14.4 Å². The van der Waals surface area contributed by atoms with Crippen molar-refractivity contribution in [1.82, 2.24) is 15.1 Å². The number of hydrogen-bond donors (Lipinski definition) is 1. The van der Waals surface area contributed by atoms with Crippen LogP contribution >= 0.6 is 11.8 Å². The van der Waals surface area contributed by atoms with E-state index in [1.807, 2.05) is 86.3 Å². The molecule has 3 amide bonds. The second-order valence-electron chi connectivity index (χ2n) is 8.53. The molecule has 0 aromatic heterocycles. The van der Waals surface area contributed by atoms with Crippen LogP contribution in [0, 0.1) is 5.92 Å². The predicted octanol–water partition coefficient (Wildman–Crippen LogP) is 3.68. The molecule has 1 fully saturated rings. The van der Waals surface area contributed by atoms with E-state index in [-0.39, 0.29) is 35.4 Å². The first-order valence-corrected chi connectivity index (χ1v) is 12.5. The van der Waals surface area contributed by atoms with Gasteiger partial charge in [-0.25, -0.2) is 0 Å². The lowest BCUT2D eigenvalue weighted by atomic mass is 9.97. The Morgan fingerprint density at radius 2 is 1.67 bits per heavy atom. The van der Waals surface area contributed by atoms with Crippen molar-refractivity contribution in [2.45, 2.75) is 44.2 Å². The number of benzene rings is 2. The van der Waals surface area contributed by atoms with Crippen LogP contribution in [0.4, 0.5) is 0 Å². The first-order chi connectivity index (χ1) is 15.9. The van der Waals surface area contributed by atoms with E-state index in [4.69, 9.17) is 0 Å². The molecule has 0 bridgehead atoms. The summed E-state index contributed by atoms with van der Waals surface area (Å²) in [6, 6.07) is 18.3. The minimum atomic E-state index is -0.567. The largest absolute Gasteiger partial charge is 0.343 e. The highest BCUT2D eigenvalue weighted by Crippen LogP contribution is 2.19. The van der Waals surface area contributed by atoms with E-state index in [1.165, 1.54) is 11.8 Å². The zero-order valence-electron chi connectivity index (χ0n) is 19.6. The van der Waals surface area contributed by atoms with E-state index in [1.54, 1.807) is 4.90 Å². The zero-order valence-corrected chi connectivity index (χ0v) is 20.4. The third-order valence-corrected chi connectivity index (χ3v) is 7.14. The smallest absolute Gasteiger partial charge is 0.254 e. The number of amides is 3. The van der Waals surface area contributed by atoms with Crippen molar-refractivity contribution in [3.05, 3.63) is 66.2 Å². The Balaban J connectivity index is 1.60. The van der Waals surface area contributed by atoms with Crippen LogP contribution in [-0.4, -0.2) is 65.0 Å². The lowest BCUT2D eigenvalue weighted by molar-refractivity contribution is -0.139. The molecule has 1 heterocycles. The minimum absolute atomic E-state index is 0.0140. The van der Waals surface area contributed by atoms with Gasteiger partial charge in [-0.1, -0.05) is 56.7 Å². The second kappa shape index (κ2) is 11.9. The Labute approximate surface area is 200 Å². The normalized spacial score (nSPS) is 17.8. The van der Waals surface area contributed by atoms with Crippen LogP contribution < -0.4 is 5.32 Å². The van der Waals surface area contributed by atoms with Crippen molar-refractivity contribution in [2.75, 3.05) is 25.4 Å². The van der Waals surface area contributed by atoms with Crippen molar-refractivity contribution >= 4 is 29.5 Å². The third-order valence-electron chi connectivity index (χ3n) is 6.13. The summed E-state index contributed by atoms with van der Waals surface area (Å²) in [7, 11) is 0. The molecule has 3 unspecified atom stereocenters. The number of piperazine rings is 1. The molecule has 3 atom stereocenters. The fourth-order valence-electron chi connectivity index (χ4n) is 3.97. The van der Waals surface area contributed by atoms with Crippen LogP contribution in [0.5, 0.6) is 0 Å². The van der Waals surface area contributed by atoms with Gasteiger partial charge in [0.05, 0.1) is 5.75 Å². The first-order valence-electron chi connectivity index (χ1n) is 11.5. The number of carbonyl (C=O) groups is 3. The van der Waals surface area contributed by atoms with Crippen LogP contribution in [-0.2, 0) is 9.59 Å². The van der Waals surface area contributed by atoms with Crippen molar-refractivity contribution in [3.63, 3.8) is 0 Å². The monoisotopic (exact) mass is 467 g/mol. The molecule has 3 rings (SSSR count). The summed E-state index contributed by atoms with van der Waals surface area (Å²) in [4.78, 5) is 43.6.